The van der Waals surface area contributed by atoms with Gasteiger partial charge in [0.2, 0.25) is 0 Å². The van der Waals surface area contributed by atoms with Crippen molar-refractivity contribution in [3.63, 3.8) is 0 Å². The first-order valence-electron chi connectivity index (χ1n) is 5.44. The van der Waals surface area contributed by atoms with Gasteiger partial charge in [-0.25, -0.2) is 13.2 Å². The van der Waals surface area contributed by atoms with E-state index in [1.165, 1.54) is 18.2 Å². The third-order valence-corrected chi connectivity index (χ3v) is 2.89. The molecule has 1 aromatic carbocycles. The summed E-state index contributed by atoms with van der Waals surface area (Å²) in [5, 5.41) is 0. The summed E-state index contributed by atoms with van der Waals surface area (Å²) >= 11 is 0. The number of rotatable bonds is 4. The van der Waals surface area contributed by atoms with Crippen LogP contribution in [0, 0.1) is 5.82 Å². The first kappa shape index (κ1) is 12.2. The van der Waals surface area contributed by atoms with Crippen LogP contribution in [-0.2, 0) is 0 Å². The highest BCUT2D eigenvalue weighted by Gasteiger charge is 2.53. The number of halogens is 3. The molecule has 0 unspecified atom stereocenters. The predicted molar refractivity (Wildman–Crippen MR) is 57.6 cm³/mol. The molecule has 0 amide bonds. The molecule has 0 aromatic heterocycles. The summed E-state index contributed by atoms with van der Waals surface area (Å²) in [5.41, 5.74) is 4.90. The van der Waals surface area contributed by atoms with Crippen molar-refractivity contribution in [2.75, 3.05) is 6.61 Å². The van der Waals surface area contributed by atoms with Gasteiger partial charge in [-0.3, -0.25) is 0 Å². The minimum atomic E-state index is -2.63. The molecule has 0 bridgehead atoms. The number of ether oxygens (including phenoxy) is 1. The molecule has 0 spiro atoms. The molecule has 0 atom stereocenters. The second-order valence-electron chi connectivity index (χ2n) is 4.63. The van der Waals surface area contributed by atoms with Crippen molar-refractivity contribution < 1.29 is 17.9 Å². The normalized spacial score (nSPS) is 20.7. The fraction of sp³-hybridized carbons (Fsp3) is 0.500. The summed E-state index contributed by atoms with van der Waals surface area (Å²) in [6, 6.07) is 5.70. The van der Waals surface area contributed by atoms with Crippen LogP contribution in [0.15, 0.2) is 24.3 Å². The van der Waals surface area contributed by atoms with E-state index in [2.05, 4.69) is 0 Å². The Bertz CT molecular complexity index is 400. The van der Waals surface area contributed by atoms with E-state index in [-0.39, 0.29) is 25.3 Å². The Morgan fingerprint density at radius 1 is 1.29 bits per heavy atom. The van der Waals surface area contributed by atoms with Crippen molar-refractivity contribution in [3.05, 3.63) is 30.1 Å². The van der Waals surface area contributed by atoms with Crippen LogP contribution in [0.4, 0.5) is 13.2 Å². The topological polar surface area (TPSA) is 35.2 Å². The minimum absolute atomic E-state index is 0.218. The third kappa shape index (κ3) is 3.12. The predicted octanol–water partition coefficient (Wildman–Crippen LogP) is 2.72. The van der Waals surface area contributed by atoms with Crippen molar-refractivity contribution in [1.82, 2.24) is 0 Å². The Kier molecular flexibility index (Phi) is 3.03. The second-order valence-corrected chi connectivity index (χ2v) is 4.63. The van der Waals surface area contributed by atoms with Crippen molar-refractivity contribution in [2.24, 2.45) is 5.73 Å². The molecule has 94 valence electrons. The van der Waals surface area contributed by atoms with Crippen molar-refractivity contribution >= 4 is 0 Å². The first-order chi connectivity index (χ1) is 7.89. The van der Waals surface area contributed by atoms with E-state index in [4.69, 9.17) is 10.5 Å². The van der Waals surface area contributed by atoms with Crippen LogP contribution in [-0.4, -0.2) is 18.1 Å². The third-order valence-electron chi connectivity index (χ3n) is 2.89. The van der Waals surface area contributed by atoms with E-state index in [9.17, 15) is 13.2 Å². The monoisotopic (exact) mass is 245 g/mol. The summed E-state index contributed by atoms with van der Waals surface area (Å²) < 4.78 is 43.4. The van der Waals surface area contributed by atoms with E-state index < -0.39 is 11.5 Å². The molecule has 0 heterocycles. The largest absolute Gasteiger partial charge is 0.493 e. The maximum atomic E-state index is 12.8. The molecule has 1 aliphatic rings. The van der Waals surface area contributed by atoms with Crippen LogP contribution in [0.25, 0.3) is 0 Å². The lowest BCUT2D eigenvalue weighted by molar-refractivity contribution is -0.126. The van der Waals surface area contributed by atoms with Gasteiger partial charge in [0.15, 0.2) is 0 Å². The molecule has 5 heteroatoms. The number of nitrogens with two attached hydrogens (primary N) is 1. The summed E-state index contributed by atoms with van der Waals surface area (Å²) in [6.07, 6.45) is -0.252. The molecule has 1 fully saturated rings. The van der Waals surface area contributed by atoms with E-state index in [0.29, 0.717) is 12.2 Å². The second kappa shape index (κ2) is 4.22. The van der Waals surface area contributed by atoms with E-state index in [1.54, 1.807) is 6.07 Å². The highest BCUT2D eigenvalue weighted by atomic mass is 19.3. The fourth-order valence-electron chi connectivity index (χ4n) is 2.08. The molecular formula is C12H14F3NO. The van der Waals surface area contributed by atoms with Crippen molar-refractivity contribution in [2.45, 2.75) is 30.7 Å². The van der Waals surface area contributed by atoms with Gasteiger partial charge in [0.05, 0.1) is 6.61 Å². The number of alkyl halides is 2. The lowest BCUT2D eigenvalue weighted by Crippen LogP contribution is -2.58. The van der Waals surface area contributed by atoms with Gasteiger partial charge in [-0.1, -0.05) is 6.07 Å². The van der Waals surface area contributed by atoms with Crippen molar-refractivity contribution in [1.29, 1.82) is 0 Å². The van der Waals surface area contributed by atoms with Gasteiger partial charge in [0.1, 0.15) is 11.6 Å². The zero-order valence-electron chi connectivity index (χ0n) is 9.26. The zero-order chi connectivity index (χ0) is 12.5. The summed E-state index contributed by atoms with van der Waals surface area (Å²) in [6.45, 7) is 0.218. The molecule has 2 N–H and O–H groups in total. The van der Waals surface area contributed by atoms with Crippen LogP contribution in [0.3, 0.4) is 0 Å². The van der Waals surface area contributed by atoms with Crippen LogP contribution < -0.4 is 10.5 Å². The molecule has 17 heavy (non-hydrogen) atoms. The molecule has 2 rings (SSSR count). The van der Waals surface area contributed by atoms with Crippen LogP contribution in [0.1, 0.15) is 19.3 Å². The van der Waals surface area contributed by atoms with Gasteiger partial charge < -0.3 is 10.5 Å². The Balaban J connectivity index is 1.77. The Labute approximate surface area is 97.6 Å². The number of benzene rings is 1. The SMILES string of the molecule is NC1(CCOc2cccc(F)c2)CC(F)(F)C1. The molecule has 2 nitrogen and oxygen atoms in total. The molecule has 0 aliphatic heterocycles. The van der Waals surface area contributed by atoms with E-state index in [1.807, 2.05) is 0 Å². The van der Waals surface area contributed by atoms with E-state index >= 15 is 0 Å². The van der Waals surface area contributed by atoms with Crippen molar-refractivity contribution in [3.8, 4) is 5.75 Å². The fourth-order valence-corrected chi connectivity index (χ4v) is 2.08. The summed E-state index contributed by atoms with van der Waals surface area (Å²) in [7, 11) is 0. The smallest absolute Gasteiger partial charge is 0.251 e. The molecule has 0 radical (unpaired) electrons. The molecular weight excluding hydrogens is 231 g/mol. The molecule has 1 aliphatic carbocycles. The Hall–Kier alpha value is -1.23. The lowest BCUT2D eigenvalue weighted by Gasteiger charge is -2.44. The Morgan fingerprint density at radius 3 is 2.59 bits per heavy atom. The minimum Gasteiger partial charge on any atom is -0.493 e. The standard InChI is InChI=1S/C12H14F3NO/c13-9-2-1-3-10(6-9)17-5-4-11(16)7-12(14,15)8-11/h1-3,6H,4-5,7-8,16H2. The maximum absolute atomic E-state index is 12.8. The average Bonchev–Trinajstić information content (AvgIpc) is 2.14. The molecule has 0 saturated heterocycles. The van der Waals surface area contributed by atoms with Crippen LogP contribution >= 0.6 is 0 Å². The maximum Gasteiger partial charge on any atom is 0.251 e. The quantitative estimate of drug-likeness (QED) is 0.885. The molecule has 1 saturated carbocycles. The van der Waals surface area contributed by atoms with Gasteiger partial charge in [-0.15, -0.1) is 0 Å². The Morgan fingerprint density at radius 2 is 2.00 bits per heavy atom. The van der Waals surface area contributed by atoms with Gasteiger partial charge in [-0.2, -0.15) is 0 Å². The summed E-state index contributed by atoms with van der Waals surface area (Å²) in [4.78, 5) is 0. The molecule has 1 aromatic rings. The van der Waals surface area contributed by atoms with Gasteiger partial charge in [0.25, 0.3) is 5.92 Å². The zero-order valence-corrected chi connectivity index (χ0v) is 9.26. The van der Waals surface area contributed by atoms with Gasteiger partial charge >= 0.3 is 0 Å². The number of hydrogen-bond acceptors (Lipinski definition) is 2. The van der Waals surface area contributed by atoms with E-state index in [0.717, 1.165) is 0 Å². The highest BCUT2D eigenvalue weighted by molar-refractivity contribution is 5.22. The lowest BCUT2D eigenvalue weighted by atomic mass is 9.72. The van der Waals surface area contributed by atoms with Crippen LogP contribution in [0.2, 0.25) is 0 Å². The van der Waals surface area contributed by atoms with Gasteiger partial charge in [0, 0.05) is 24.4 Å². The first-order valence-corrected chi connectivity index (χ1v) is 5.44. The van der Waals surface area contributed by atoms with Crippen LogP contribution in [0.5, 0.6) is 5.75 Å². The highest BCUT2D eigenvalue weighted by Crippen LogP contribution is 2.45. The number of hydrogen-bond donors (Lipinski definition) is 1. The summed E-state index contributed by atoms with van der Waals surface area (Å²) in [5.74, 6) is -2.63. The van der Waals surface area contributed by atoms with Gasteiger partial charge in [-0.05, 0) is 18.6 Å². The average molecular weight is 245 g/mol.